The zero-order valence-electron chi connectivity index (χ0n) is 8.90. The maximum Gasteiger partial charge on any atom is 0.0148 e. The van der Waals surface area contributed by atoms with Crippen LogP contribution < -0.4 is 0 Å². The summed E-state index contributed by atoms with van der Waals surface area (Å²) < 4.78 is 0. The monoisotopic (exact) mass is 264 g/mol. The molecule has 2 aliphatic rings. The third-order valence-corrected chi connectivity index (χ3v) is 4.91. The minimum atomic E-state index is 0.805. The standard InChI is InChI=1S/C14H17Br/c15-12-7-6-11(8-12)14-9-13(14)10-4-2-1-3-5-10/h1-5,11-14H,6-9H2. The Kier molecular flexibility index (Phi) is 2.59. The first kappa shape index (κ1) is 9.89. The smallest absolute Gasteiger partial charge is 0.0148 e. The molecule has 2 fully saturated rings. The molecule has 0 N–H and O–H groups in total. The van der Waals surface area contributed by atoms with Crippen molar-refractivity contribution in [2.24, 2.45) is 11.8 Å². The van der Waals surface area contributed by atoms with Gasteiger partial charge in [0.1, 0.15) is 0 Å². The molecule has 0 aromatic heterocycles. The minimum Gasteiger partial charge on any atom is -0.0891 e. The fourth-order valence-electron chi connectivity index (χ4n) is 3.17. The van der Waals surface area contributed by atoms with Gasteiger partial charge in [0.25, 0.3) is 0 Å². The highest BCUT2D eigenvalue weighted by atomic mass is 79.9. The first-order valence-electron chi connectivity index (χ1n) is 6.03. The van der Waals surface area contributed by atoms with Gasteiger partial charge in [-0.3, -0.25) is 0 Å². The fraction of sp³-hybridized carbons (Fsp3) is 0.571. The van der Waals surface area contributed by atoms with Crippen molar-refractivity contribution in [3.05, 3.63) is 35.9 Å². The summed E-state index contributed by atoms with van der Waals surface area (Å²) in [5.41, 5.74) is 1.57. The van der Waals surface area contributed by atoms with Crippen LogP contribution in [0.15, 0.2) is 30.3 Å². The molecule has 0 spiro atoms. The molecular formula is C14H17Br. The Morgan fingerprint density at radius 2 is 1.80 bits per heavy atom. The van der Waals surface area contributed by atoms with E-state index in [1.807, 2.05) is 0 Å². The van der Waals surface area contributed by atoms with E-state index in [0.29, 0.717) is 0 Å². The van der Waals surface area contributed by atoms with Crippen LogP contribution in [0.25, 0.3) is 0 Å². The molecule has 0 bridgehead atoms. The Bertz CT molecular complexity index is 332. The van der Waals surface area contributed by atoms with Crippen molar-refractivity contribution in [3.63, 3.8) is 0 Å². The summed E-state index contributed by atoms with van der Waals surface area (Å²) in [6.45, 7) is 0. The summed E-state index contributed by atoms with van der Waals surface area (Å²) >= 11 is 3.75. The van der Waals surface area contributed by atoms with Gasteiger partial charge in [0.2, 0.25) is 0 Å². The summed E-state index contributed by atoms with van der Waals surface area (Å²) in [5, 5.41) is 0. The Morgan fingerprint density at radius 3 is 2.47 bits per heavy atom. The van der Waals surface area contributed by atoms with Gasteiger partial charge in [-0.05, 0) is 49.0 Å². The van der Waals surface area contributed by atoms with E-state index in [4.69, 9.17) is 0 Å². The SMILES string of the molecule is BrC1CCC(C2CC2c2ccccc2)C1. The van der Waals surface area contributed by atoms with E-state index in [-0.39, 0.29) is 0 Å². The van der Waals surface area contributed by atoms with Gasteiger partial charge >= 0.3 is 0 Å². The van der Waals surface area contributed by atoms with Gasteiger partial charge < -0.3 is 0 Å². The summed E-state index contributed by atoms with van der Waals surface area (Å²) in [6.07, 6.45) is 5.69. The van der Waals surface area contributed by atoms with Crippen LogP contribution >= 0.6 is 15.9 Å². The molecular weight excluding hydrogens is 248 g/mol. The third kappa shape index (κ3) is 1.99. The largest absolute Gasteiger partial charge is 0.0891 e. The highest BCUT2D eigenvalue weighted by molar-refractivity contribution is 9.09. The molecule has 1 aromatic carbocycles. The molecule has 0 saturated heterocycles. The van der Waals surface area contributed by atoms with Gasteiger partial charge in [-0.1, -0.05) is 46.3 Å². The molecule has 2 aliphatic carbocycles. The molecule has 4 atom stereocenters. The number of halogens is 1. The minimum absolute atomic E-state index is 0.805. The molecule has 4 unspecified atom stereocenters. The second kappa shape index (κ2) is 3.93. The highest BCUT2D eigenvalue weighted by Gasteiger charge is 2.45. The topological polar surface area (TPSA) is 0 Å². The van der Waals surface area contributed by atoms with Crippen molar-refractivity contribution < 1.29 is 0 Å². The van der Waals surface area contributed by atoms with Crippen molar-refractivity contribution >= 4 is 15.9 Å². The van der Waals surface area contributed by atoms with E-state index in [0.717, 1.165) is 22.6 Å². The molecule has 2 saturated carbocycles. The lowest BCUT2D eigenvalue weighted by Crippen LogP contribution is -1.99. The van der Waals surface area contributed by atoms with Crippen molar-refractivity contribution in [2.75, 3.05) is 0 Å². The van der Waals surface area contributed by atoms with E-state index in [2.05, 4.69) is 46.3 Å². The lowest BCUT2D eigenvalue weighted by Gasteiger charge is -2.08. The van der Waals surface area contributed by atoms with Crippen LogP contribution in [0.2, 0.25) is 0 Å². The lowest BCUT2D eigenvalue weighted by molar-refractivity contribution is 0.471. The quantitative estimate of drug-likeness (QED) is 0.697. The molecule has 15 heavy (non-hydrogen) atoms. The zero-order valence-corrected chi connectivity index (χ0v) is 10.5. The van der Waals surface area contributed by atoms with Crippen LogP contribution in [0, 0.1) is 11.8 Å². The second-order valence-corrected chi connectivity index (χ2v) is 6.38. The highest BCUT2D eigenvalue weighted by Crippen LogP contribution is 2.56. The molecule has 0 nitrogen and oxygen atoms in total. The summed E-state index contributed by atoms with van der Waals surface area (Å²) in [6, 6.07) is 11.1. The average Bonchev–Trinajstić information content (AvgIpc) is 2.96. The summed E-state index contributed by atoms with van der Waals surface area (Å²) in [7, 11) is 0. The van der Waals surface area contributed by atoms with Crippen LogP contribution in [-0.4, -0.2) is 4.83 Å². The number of hydrogen-bond acceptors (Lipinski definition) is 0. The maximum absolute atomic E-state index is 3.75. The van der Waals surface area contributed by atoms with E-state index in [1.165, 1.54) is 25.7 Å². The molecule has 1 heteroatoms. The Labute approximate surface area is 100 Å². The lowest BCUT2D eigenvalue weighted by atomic mass is 9.98. The number of benzene rings is 1. The van der Waals surface area contributed by atoms with Gasteiger partial charge in [0.05, 0.1) is 0 Å². The molecule has 3 rings (SSSR count). The average molecular weight is 265 g/mol. The van der Waals surface area contributed by atoms with Crippen molar-refractivity contribution in [2.45, 2.75) is 36.4 Å². The van der Waals surface area contributed by atoms with Crippen molar-refractivity contribution in [1.29, 1.82) is 0 Å². The van der Waals surface area contributed by atoms with Gasteiger partial charge in [-0.15, -0.1) is 0 Å². The molecule has 0 amide bonds. The fourth-order valence-corrected chi connectivity index (χ4v) is 3.91. The number of alkyl halides is 1. The zero-order chi connectivity index (χ0) is 10.3. The van der Waals surface area contributed by atoms with Gasteiger partial charge in [-0.2, -0.15) is 0 Å². The summed E-state index contributed by atoms with van der Waals surface area (Å²) in [5.74, 6) is 2.88. The molecule has 80 valence electrons. The Hall–Kier alpha value is -0.300. The normalized spacial score (nSPS) is 39.3. The van der Waals surface area contributed by atoms with E-state index in [9.17, 15) is 0 Å². The van der Waals surface area contributed by atoms with E-state index in [1.54, 1.807) is 5.56 Å². The number of hydrogen-bond donors (Lipinski definition) is 0. The number of rotatable bonds is 2. The Morgan fingerprint density at radius 1 is 1.00 bits per heavy atom. The second-order valence-electron chi connectivity index (χ2n) is 5.09. The van der Waals surface area contributed by atoms with Crippen LogP contribution in [0.1, 0.15) is 37.2 Å². The molecule has 0 heterocycles. The van der Waals surface area contributed by atoms with E-state index < -0.39 is 0 Å². The predicted molar refractivity (Wildman–Crippen MR) is 67.3 cm³/mol. The molecule has 1 aromatic rings. The van der Waals surface area contributed by atoms with E-state index >= 15 is 0 Å². The van der Waals surface area contributed by atoms with Crippen LogP contribution in [0.3, 0.4) is 0 Å². The van der Waals surface area contributed by atoms with Gasteiger partial charge in [-0.25, -0.2) is 0 Å². The van der Waals surface area contributed by atoms with Crippen LogP contribution in [0.4, 0.5) is 0 Å². The maximum atomic E-state index is 3.75. The van der Waals surface area contributed by atoms with Crippen molar-refractivity contribution in [1.82, 2.24) is 0 Å². The summed E-state index contributed by atoms with van der Waals surface area (Å²) in [4.78, 5) is 0.805. The van der Waals surface area contributed by atoms with Gasteiger partial charge in [0.15, 0.2) is 0 Å². The molecule has 0 aliphatic heterocycles. The van der Waals surface area contributed by atoms with Crippen LogP contribution in [-0.2, 0) is 0 Å². The first-order valence-corrected chi connectivity index (χ1v) is 6.95. The predicted octanol–water partition coefficient (Wildman–Crippen LogP) is 4.35. The van der Waals surface area contributed by atoms with Crippen molar-refractivity contribution in [3.8, 4) is 0 Å². The first-order chi connectivity index (χ1) is 7.34. The Balaban J connectivity index is 1.65. The van der Waals surface area contributed by atoms with Gasteiger partial charge in [0, 0.05) is 4.83 Å². The third-order valence-electron chi connectivity index (χ3n) is 4.08. The molecule has 0 radical (unpaired) electrons. The van der Waals surface area contributed by atoms with Crippen LogP contribution in [0.5, 0.6) is 0 Å².